The number of piperidine rings is 1. The van der Waals surface area contributed by atoms with Crippen LogP contribution in [0.2, 0.25) is 0 Å². The number of fused-ring (bicyclic) bond motifs is 2. The predicted octanol–water partition coefficient (Wildman–Crippen LogP) is 3.08. The summed E-state index contributed by atoms with van der Waals surface area (Å²) in [5.74, 6) is 0.262. The Morgan fingerprint density at radius 2 is 1.88 bits per heavy atom. The minimum Gasteiger partial charge on any atom is -0.340 e. The molecule has 6 nitrogen and oxygen atoms in total. The van der Waals surface area contributed by atoms with Crippen molar-refractivity contribution in [2.75, 3.05) is 19.6 Å². The summed E-state index contributed by atoms with van der Waals surface area (Å²) in [5, 5.41) is 10.7. The average molecular weight is 343 g/mol. The van der Waals surface area contributed by atoms with Crippen molar-refractivity contribution in [3.63, 3.8) is 0 Å². The van der Waals surface area contributed by atoms with Crippen molar-refractivity contribution < 1.29 is 9.72 Å². The summed E-state index contributed by atoms with van der Waals surface area (Å²) in [4.78, 5) is 26.9. The van der Waals surface area contributed by atoms with Crippen LogP contribution < -0.4 is 0 Å². The molecule has 0 radical (unpaired) electrons. The first-order valence-corrected chi connectivity index (χ1v) is 9.03. The van der Waals surface area contributed by atoms with E-state index in [1.165, 1.54) is 18.6 Å². The Bertz CT molecular complexity index is 642. The summed E-state index contributed by atoms with van der Waals surface area (Å²) in [6.07, 6.45) is 8.27. The number of nitro benzene ring substituents is 1. The van der Waals surface area contributed by atoms with Gasteiger partial charge < -0.3 is 4.90 Å². The van der Waals surface area contributed by atoms with Crippen LogP contribution in [0.3, 0.4) is 0 Å². The molecule has 0 N–H and O–H groups in total. The van der Waals surface area contributed by atoms with E-state index in [1.807, 2.05) is 17.9 Å². The van der Waals surface area contributed by atoms with E-state index in [0.29, 0.717) is 18.5 Å². The Kier molecular flexibility index (Phi) is 5.48. The topological polar surface area (TPSA) is 66.7 Å². The Labute approximate surface area is 148 Å². The number of piperazine rings is 1. The fourth-order valence-electron chi connectivity index (χ4n) is 3.94. The zero-order chi connectivity index (χ0) is 17.8. The first-order valence-electron chi connectivity index (χ1n) is 9.03. The van der Waals surface area contributed by atoms with Crippen LogP contribution in [0.4, 0.5) is 5.69 Å². The summed E-state index contributed by atoms with van der Waals surface area (Å²) in [5.41, 5.74) is 1.08. The molecule has 0 unspecified atom stereocenters. The van der Waals surface area contributed by atoms with Gasteiger partial charge in [0, 0.05) is 50.3 Å². The predicted molar refractivity (Wildman–Crippen MR) is 97.1 cm³/mol. The Morgan fingerprint density at radius 1 is 1.24 bits per heavy atom. The SMILES string of the molecule is CCC(=O)N1C[C@H]2CCC[C@@H](C1)N2C/C=C/c1ccc([N+](=O)[O-])cc1. The third-order valence-corrected chi connectivity index (χ3v) is 5.26. The van der Waals surface area contributed by atoms with Gasteiger partial charge in [-0.05, 0) is 30.5 Å². The third-order valence-electron chi connectivity index (χ3n) is 5.26. The molecule has 0 aromatic heterocycles. The minimum atomic E-state index is -0.383. The van der Waals surface area contributed by atoms with Crippen LogP contribution in [0.25, 0.3) is 6.08 Å². The summed E-state index contributed by atoms with van der Waals surface area (Å²) >= 11 is 0. The van der Waals surface area contributed by atoms with Crippen molar-refractivity contribution >= 4 is 17.7 Å². The number of hydrogen-bond acceptors (Lipinski definition) is 4. The summed E-state index contributed by atoms with van der Waals surface area (Å²) < 4.78 is 0. The van der Waals surface area contributed by atoms with Gasteiger partial charge in [0.05, 0.1) is 4.92 Å². The number of hydrogen-bond donors (Lipinski definition) is 0. The Hall–Kier alpha value is -2.21. The molecule has 2 atom stereocenters. The number of carbonyl (C=O) groups is 1. The number of rotatable bonds is 5. The van der Waals surface area contributed by atoms with Gasteiger partial charge >= 0.3 is 0 Å². The lowest BCUT2D eigenvalue weighted by molar-refractivity contribution is -0.384. The molecule has 1 aromatic rings. The Morgan fingerprint density at radius 3 is 2.44 bits per heavy atom. The second-order valence-corrected chi connectivity index (χ2v) is 6.84. The van der Waals surface area contributed by atoms with E-state index >= 15 is 0 Å². The maximum Gasteiger partial charge on any atom is 0.269 e. The molecule has 3 rings (SSSR count). The summed E-state index contributed by atoms with van der Waals surface area (Å²) in [7, 11) is 0. The lowest BCUT2D eigenvalue weighted by Crippen LogP contribution is -2.61. The molecule has 2 aliphatic rings. The lowest BCUT2D eigenvalue weighted by atomic mass is 9.91. The zero-order valence-corrected chi connectivity index (χ0v) is 14.6. The fourth-order valence-corrected chi connectivity index (χ4v) is 3.94. The second-order valence-electron chi connectivity index (χ2n) is 6.84. The van der Waals surface area contributed by atoms with Crippen molar-refractivity contribution in [1.29, 1.82) is 0 Å². The molecule has 0 spiro atoms. The van der Waals surface area contributed by atoms with E-state index in [-0.39, 0.29) is 16.5 Å². The second kappa shape index (κ2) is 7.78. The normalized spacial score (nSPS) is 23.8. The number of non-ortho nitro benzene ring substituents is 1. The van der Waals surface area contributed by atoms with Crippen molar-refractivity contribution in [1.82, 2.24) is 9.80 Å². The lowest BCUT2D eigenvalue weighted by Gasteiger charge is -2.50. The molecule has 6 heteroatoms. The average Bonchev–Trinajstić information content (AvgIpc) is 2.61. The first-order chi connectivity index (χ1) is 12.1. The van der Waals surface area contributed by atoms with E-state index in [0.717, 1.165) is 38.0 Å². The molecule has 2 aliphatic heterocycles. The van der Waals surface area contributed by atoms with Crippen LogP contribution in [-0.4, -0.2) is 52.3 Å². The smallest absolute Gasteiger partial charge is 0.269 e. The molecule has 1 aromatic carbocycles. The highest BCUT2D eigenvalue weighted by Gasteiger charge is 2.37. The molecular formula is C19H25N3O3. The fraction of sp³-hybridized carbons (Fsp3) is 0.526. The third kappa shape index (κ3) is 4.07. The molecule has 2 heterocycles. The zero-order valence-electron chi connectivity index (χ0n) is 14.6. The monoisotopic (exact) mass is 343 g/mol. The minimum absolute atomic E-state index is 0.114. The largest absolute Gasteiger partial charge is 0.340 e. The van der Waals surface area contributed by atoms with Crippen molar-refractivity contribution in [2.24, 2.45) is 0 Å². The van der Waals surface area contributed by atoms with E-state index in [4.69, 9.17) is 0 Å². The van der Waals surface area contributed by atoms with Gasteiger partial charge in [0.2, 0.25) is 5.91 Å². The molecule has 2 bridgehead atoms. The van der Waals surface area contributed by atoms with E-state index < -0.39 is 0 Å². The quantitative estimate of drug-likeness (QED) is 0.609. The van der Waals surface area contributed by atoms with Crippen molar-refractivity contribution in [3.05, 3.63) is 46.0 Å². The highest BCUT2D eigenvalue weighted by atomic mass is 16.6. The van der Waals surface area contributed by atoms with Gasteiger partial charge in [0.25, 0.3) is 5.69 Å². The van der Waals surface area contributed by atoms with Gasteiger partial charge in [-0.15, -0.1) is 0 Å². The number of nitro groups is 1. The highest BCUT2D eigenvalue weighted by Crippen LogP contribution is 2.29. The number of likely N-dealkylation sites (tertiary alicyclic amines) is 1. The van der Waals surface area contributed by atoms with Crippen molar-refractivity contribution in [2.45, 2.75) is 44.7 Å². The molecule has 0 saturated carbocycles. The summed E-state index contributed by atoms with van der Waals surface area (Å²) in [6, 6.07) is 7.50. The van der Waals surface area contributed by atoms with Gasteiger partial charge in [0.1, 0.15) is 0 Å². The standard InChI is InChI=1S/C19H25N3O3/c1-2-19(23)20-13-17-6-3-7-18(14-20)21(17)12-4-5-15-8-10-16(11-9-15)22(24)25/h4-5,8-11,17-18H,2-3,6-7,12-14H2,1H3/b5-4+/t17-,18+. The van der Waals surface area contributed by atoms with Crippen LogP contribution in [0.15, 0.2) is 30.3 Å². The van der Waals surface area contributed by atoms with Crippen LogP contribution in [0.5, 0.6) is 0 Å². The van der Waals surface area contributed by atoms with Crippen LogP contribution >= 0.6 is 0 Å². The number of amides is 1. The maximum atomic E-state index is 12.0. The van der Waals surface area contributed by atoms with Crippen LogP contribution in [0.1, 0.15) is 38.2 Å². The number of benzene rings is 1. The van der Waals surface area contributed by atoms with E-state index in [2.05, 4.69) is 11.0 Å². The maximum absolute atomic E-state index is 12.0. The molecule has 25 heavy (non-hydrogen) atoms. The van der Waals surface area contributed by atoms with Crippen LogP contribution in [0, 0.1) is 10.1 Å². The van der Waals surface area contributed by atoms with Gasteiger partial charge in [-0.1, -0.05) is 25.5 Å². The van der Waals surface area contributed by atoms with E-state index in [9.17, 15) is 14.9 Å². The van der Waals surface area contributed by atoms with Crippen LogP contribution in [-0.2, 0) is 4.79 Å². The van der Waals surface area contributed by atoms with Crippen molar-refractivity contribution in [3.8, 4) is 0 Å². The molecule has 2 saturated heterocycles. The summed E-state index contributed by atoms with van der Waals surface area (Å²) in [6.45, 7) is 4.47. The van der Waals surface area contributed by atoms with Gasteiger partial charge in [-0.2, -0.15) is 0 Å². The molecule has 1 amide bonds. The molecule has 0 aliphatic carbocycles. The number of carbonyl (C=O) groups excluding carboxylic acids is 1. The van der Waals surface area contributed by atoms with E-state index in [1.54, 1.807) is 12.1 Å². The number of nitrogens with zero attached hydrogens (tertiary/aromatic N) is 3. The molecule has 134 valence electrons. The van der Waals surface area contributed by atoms with Gasteiger partial charge in [-0.25, -0.2) is 0 Å². The van der Waals surface area contributed by atoms with Gasteiger partial charge in [-0.3, -0.25) is 19.8 Å². The first kappa shape index (κ1) is 17.6. The highest BCUT2D eigenvalue weighted by molar-refractivity contribution is 5.76. The molecule has 2 fully saturated rings. The molecular weight excluding hydrogens is 318 g/mol. The van der Waals surface area contributed by atoms with Gasteiger partial charge in [0.15, 0.2) is 0 Å². The Balaban J connectivity index is 1.61.